The first-order valence-electron chi connectivity index (χ1n) is 10.8. The SMILES string of the molecule is COc1ccc(Cc2cnc(C3CCCN(C(=O)COc4ccccc4OC)C3)o2)cc1. The van der Waals surface area contributed by atoms with Gasteiger partial charge >= 0.3 is 0 Å². The largest absolute Gasteiger partial charge is 0.497 e. The average Bonchev–Trinajstić information content (AvgIpc) is 3.31. The Morgan fingerprint density at radius 3 is 2.62 bits per heavy atom. The number of carbonyl (C=O) groups excluding carboxylic acids is 1. The van der Waals surface area contributed by atoms with Crippen LogP contribution in [-0.2, 0) is 11.2 Å². The summed E-state index contributed by atoms with van der Waals surface area (Å²) in [5.41, 5.74) is 1.13. The molecule has 0 spiro atoms. The van der Waals surface area contributed by atoms with Crippen molar-refractivity contribution >= 4 is 5.91 Å². The number of likely N-dealkylation sites (tertiary alicyclic amines) is 1. The highest BCUT2D eigenvalue weighted by Crippen LogP contribution is 2.29. The molecule has 2 aromatic carbocycles. The Labute approximate surface area is 187 Å². The van der Waals surface area contributed by atoms with E-state index >= 15 is 0 Å². The molecule has 1 saturated heterocycles. The van der Waals surface area contributed by atoms with Crippen LogP contribution in [0.2, 0.25) is 0 Å². The van der Waals surface area contributed by atoms with Gasteiger partial charge in [-0.05, 0) is 42.7 Å². The lowest BCUT2D eigenvalue weighted by molar-refractivity contribution is -0.134. The van der Waals surface area contributed by atoms with E-state index in [1.54, 1.807) is 26.5 Å². The Morgan fingerprint density at radius 1 is 1.09 bits per heavy atom. The number of hydrogen-bond acceptors (Lipinski definition) is 6. The maximum atomic E-state index is 12.7. The van der Waals surface area contributed by atoms with Gasteiger partial charge in [0.1, 0.15) is 11.5 Å². The quantitative estimate of drug-likeness (QED) is 0.530. The summed E-state index contributed by atoms with van der Waals surface area (Å²) in [4.78, 5) is 19.1. The number of nitrogens with zero attached hydrogens (tertiary/aromatic N) is 2. The van der Waals surface area contributed by atoms with Crippen molar-refractivity contribution in [2.75, 3.05) is 33.9 Å². The van der Waals surface area contributed by atoms with Crippen LogP contribution in [0.1, 0.15) is 36.0 Å². The van der Waals surface area contributed by atoms with Crippen molar-refractivity contribution in [3.8, 4) is 17.2 Å². The lowest BCUT2D eigenvalue weighted by Gasteiger charge is -2.31. The molecule has 7 nitrogen and oxygen atoms in total. The van der Waals surface area contributed by atoms with Gasteiger partial charge in [-0.25, -0.2) is 4.98 Å². The molecule has 1 aromatic heterocycles. The summed E-state index contributed by atoms with van der Waals surface area (Å²) in [5.74, 6) is 3.54. The highest BCUT2D eigenvalue weighted by atomic mass is 16.5. The number of aromatic nitrogens is 1. The summed E-state index contributed by atoms with van der Waals surface area (Å²) in [6.45, 7) is 1.27. The number of benzene rings is 2. The number of rotatable bonds is 8. The summed E-state index contributed by atoms with van der Waals surface area (Å²) in [6.07, 6.45) is 4.30. The summed E-state index contributed by atoms with van der Waals surface area (Å²) in [6, 6.07) is 15.2. The molecule has 1 fully saturated rings. The minimum atomic E-state index is -0.0504. The molecule has 4 rings (SSSR count). The third-order valence-corrected chi connectivity index (χ3v) is 5.65. The van der Waals surface area contributed by atoms with E-state index in [4.69, 9.17) is 18.6 Å². The first-order valence-corrected chi connectivity index (χ1v) is 10.8. The molecule has 0 bridgehead atoms. The van der Waals surface area contributed by atoms with Crippen LogP contribution in [0, 0.1) is 0 Å². The number of ether oxygens (including phenoxy) is 3. The summed E-state index contributed by atoms with van der Waals surface area (Å²) < 4.78 is 22.2. The third kappa shape index (κ3) is 5.22. The van der Waals surface area contributed by atoms with Gasteiger partial charge in [-0.2, -0.15) is 0 Å². The van der Waals surface area contributed by atoms with Gasteiger partial charge in [0.15, 0.2) is 24.0 Å². The third-order valence-electron chi connectivity index (χ3n) is 5.65. The van der Waals surface area contributed by atoms with Gasteiger partial charge in [0, 0.05) is 19.5 Å². The molecule has 1 unspecified atom stereocenters. The topological polar surface area (TPSA) is 74.0 Å². The number of oxazole rings is 1. The fourth-order valence-corrected chi connectivity index (χ4v) is 3.91. The fourth-order valence-electron chi connectivity index (χ4n) is 3.91. The summed E-state index contributed by atoms with van der Waals surface area (Å²) in [5, 5.41) is 0. The van der Waals surface area contributed by atoms with Gasteiger partial charge in [-0.15, -0.1) is 0 Å². The van der Waals surface area contributed by atoms with E-state index in [1.807, 2.05) is 47.4 Å². The molecule has 0 aliphatic carbocycles. The maximum absolute atomic E-state index is 12.7. The number of methoxy groups -OCH3 is 2. The Bertz CT molecular complexity index is 1030. The Kier molecular flexibility index (Phi) is 6.94. The van der Waals surface area contributed by atoms with Crippen LogP contribution in [0.15, 0.2) is 59.1 Å². The minimum Gasteiger partial charge on any atom is -0.497 e. The van der Waals surface area contributed by atoms with Crippen LogP contribution < -0.4 is 14.2 Å². The predicted molar refractivity (Wildman–Crippen MR) is 119 cm³/mol. The number of hydrogen-bond donors (Lipinski definition) is 0. The van der Waals surface area contributed by atoms with E-state index in [9.17, 15) is 4.79 Å². The van der Waals surface area contributed by atoms with Gasteiger partial charge in [0.25, 0.3) is 5.91 Å². The standard InChI is InChI=1S/C25H28N2O5/c1-29-20-11-9-18(10-12-20)14-21-15-26-25(32-21)19-6-5-13-27(16-19)24(28)17-31-23-8-4-3-7-22(23)30-2/h3-4,7-12,15,19H,5-6,13-14,16-17H2,1-2H3. The van der Waals surface area contributed by atoms with Crippen LogP contribution in [0.4, 0.5) is 0 Å². The summed E-state index contributed by atoms with van der Waals surface area (Å²) in [7, 11) is 3.24. The molecule has 1 aliphatic heterocycles. The molecular formula is C25H28N2O5. The highest BCUT2D eigenvalue weighted by Gasteiger charge is 2.28. The second-order valence-corrected chi connectivity index (χ2v) is 7.81. The van der Waals surface area contributed by atoms with Crippen LogP contribution in [0.3, 0.4) is 0 Å². The number of amides is 1. The molecule has 1 aliphatic rings. The van der Waals surface area contributed by atoms with E-state index in [2.05, 4.69) is 4.98 Å². The average molecular weight is 437 g/mol. The molecule has 0 saturated carbocycles. The van der Waals surface area contributed by atoms with Crippen molar-refractivity contribution < 1.29 is 23.4 Å². The highest BCUT2D eigenvalue weighted by molar-refractivity contribution is 5.78. The van der Waals surface area contributed by atoms with Crippen molar-refractivity contribution in [1.29, 1.82) is 0 Å². The molecule has 0 N–H and O–H groups in total. The second kappa shape index (κ2) is 10.2. The van der Waals surface area contributed by atoms with Gasteiger partial charge in [0.2, 0.25) is 0 Å². The number of carbonyl (C=O) groups is 1. The molecule has 3 aromatic rings. The normalized spacial score (nSPS) is 15.9. The van der Waals surface area contributed by atoms with E-state index in [0.717, 1.165) is 29.9 Å². The Balaban J connectivity index is 1.33. The molecule has 2 heterocycles. The van der Waals surface area contributed by atoms with Crippen LogP contribution >= 0.6 is 0 Å². The molecule has 32 heavy (non-hydrogen) atoms. The number of para-hydroxylation sites is 2. The van der Waals surface area contributed by atoms with Crippen molar-refractivity contribution in [2.24, 2.45) is 0 Å². The Hall–Kier alpha value is -3.48. The van der Waals surface area contributed by atoms with Gasteiger partial charge < -0.3 is 23.5 Å². The predicted octanol–water partition coefficient (Wildman–Crippen LogP) is 4.07. The van der Waals surface area contributed by atoms with Gasteiger partial charge in [0.05, 0.1) is 26.3 Å². The van der Waals surface area contributed by atoms with Crippen molar-refractivity contribution in [2.45, 2.75) is 25.2 Å². The second-order valence-electron chi connectivity index (χ2n) is 7.81. The monoisotopic (exact) mass is 436 g/mol. The lowest BCUT2D eigenvalue weighted by Crippen LogP contribution is -2.41. The van der Waals surface area contributed by atoms with E-state index in [-0.39, 0.29) is 18.4 Å². The maximum Gasteiger partial charge on any atom is 0.260 e. The van der Waals surface area contributed by atoms with Crippen molar-refractivity contribution in [3.05, 3.63) is 71.9 Å². The van der Waals surface area contributed by atoms with Crippen molar-refractivity contribution in [1.82, 2.24) is 9.88 Å². The molecule has 0 radical (unpaired) electrons. The van der Waals surface area contributed by atoms with Gasteiger partial charge in [-0.3, -0.25) is 4.79 Å². The zero-order chi connectivity index (χ0) is 22.3. The smallest absolute Gasteiger partial charge is 0.260 e. The molecule has 168 valence electrons. The minimum absolute atomic E-state index is 0.0264. The van der Waals surface area contributed by atoms with Crippen LogP contribution in [-0.4, -0.2) is 49.7 Å². The van der Waals surface area contributed by atoms with Crippen LogP contribution in [0.25, 0.3) is 0 Å². The van der Waals surface area contributed by atoms with Gasteiger partial charge in [-0.1, -0.05) is 24.3 Å². The lowest BCUT2D eigenvalue weighted by atomic mass is 9.98. The molecular weight excluding hydrogens is 408 g/mol. The van der Waals surface area contributed by atoms with Crippen molar-refractivity contribution in [3.63, 3.8) is 0 Å². The van der Waals surface area contributed by atoms with E-state index in [1.165, 1.54) is 0 Å². The number of piperidine rings is 1. The first kappa shape index (κ1) is 21.7. The zero-order valence-electron chi connectivity index (χ0n) is 18.5. The fraction of sp³-hybridized carbons (Fsp3) is 0.360. The van der Waals surface area contributed by atoms with E-state index in [0.29, 0.717) is 36.9 Å². The first-order chi connectivity index (χ1) is 15.7. The molecule has 1 atom stereocenters. The Morgan fingerprint density at radius 2 is 1.88 bits per heavy atom. The van der Waals surface area contributed by atoms with E-state index < -0.39 is 0 Å². The molecule has 1 amide bonds. The molecule has 7 heteroatoms. The summed E-state index contributed by atoms with van der Waals surface area (Å²) >= 11 is 0. The zero-order valence-corrected chi connectivity index (χ0v) is 18.5. The van der Waals surface area contributed by atoms with Crippen LogP contribution in [0.5, 0.6) is 17.2 Å².